The van der Waals surface area contributed by atoms with E-state index in [-0.39, 0.29) is 30.9 Å². The first-order valence-electron chi connectivity index (χ1n) is 19.9. The number of rotatable bonds is 27. The summed E-state index contributed by atoms with van der Waals surface area (Å²) in [5.74, 6) is -0.00804. The molecule has 1 aliphatic rings. The van der Waals surface area contributed by atoms with Gasteiger partial charge in [0.05, 0.1) is 0 Å². The Bertz CT molecular complexity index is 681. The molecule has 0 saturated carbocycles. The Balaban J connectivity index is 0.00000131. The maximum atomic E-state index is 11.7. The molecule has 0 aliphatic carbocycles. The standard InChI is InChI=1S/C15H26NO4.6C4H9.2Sn.H/c1-5-6-7-14(19-11-18-4)13-10-16(3)9-8-15(13)20-12(2)17;6*1-3-4-2;;;/h1,5,13-15H,6-11H2,2-4H3;6*1,3-4H2,2H3;;;. The van der Waals surface area contributed by atoms with Crippen molar-refractivity contribution in [1.82, 2.24) is 4.90 Å². The van der Waals surface area contributed by atoms with Crippen molar-refractivity contribution in [1.29, 1.82) is 0 Å². The zero-order chi connectivity index (χ0) is 34.5. The fraction of sp³-hybridized carbons (Fsp3) is 0.923. The summed E-state index contributed by atoms with van der Waals surface area (Å²) in [5.41, 5.74) is 0. The van der Waals surface area contributed by atoms with Crippen LogP contribution in [0.2, 0.25) is 26.6 Å². The van der Waals surface area contributed by atoms with Gasteiger partial charge < -0.3 is 0 Å². The summed E-state index contributed by atoms with van der Waals surface area (Å²) >= 11 is -3.21. The van der Waals surface area contributed by atoms with Gasteiger partial charge in [0.1, 0.15) is 0 Å². The van der Waals surface area contributed by atoms with Crippen LogP contribution in [0, 0.1) is 5.92 Å². The summed E-state index contributed by atoms with van der Waals surface area (Å²) in [5, 5.41) is 0. The van der Waals surface area contributed by atoms with Crippen LogP contribution in [0.15, 0.2) is 10.2 Å². The molecule has 0 radical (unpaired) electrons. The molecule has 1 rings (SSSR count). The van der Waals surface area contributed by atoms with Crippen molar-refractivity contribution in [3.05, 3.63) is 10.2 Å². The Morgan fingerprint density at radius 2 is 1.35 bits per heavy atom. The molecule has 3 atom stereocenters. The Morgan fingerprint density at radius 1 is 0.848 bits per heavy atom. The summed E-state index contributed by atoms with van der Waals surface area (Å²) in [7, 11) is 3.81. The first kappa shape index (κ1) is 46.7. The summed E-state index contributed by atoms with van der Waals surface area (Å²) in [6.45, 7) is 17.6. The average molecular weight is 866 g/mol. The van der Waals surface area contributed by atoms with Crippen LogP contribution in [0.3, 0.4) is 0 Å². The van der Waals surface area contributed by atoms with E-state index < -0.39 is 38.1 Å². The van der Waals surface area contributed by atoms with Gasteiger partial charge in [-0.1, -0.05) is 0 Å². The molecule has 0 aromatic rings. The van der Waals surface area contributed by atoms with Gasteiger partial charge in [0.2, 0.25) is 0 Å². The molecule has 1 fully saturated rings. The minimum atomic E-state index is -2.24. The van der Waals surface area contributed by atoms with E-state index in [0.29, 0.717) is 0 Å². The van der Waals surface area contributed by atoms with Gasteiger partial charge in [-0.15, -0.1) is 0 Å². The molecule has 0 spiro atoms. The fourth-order valence-electron chi connectivity index (χ4n) is 7.14. The van der Waals surface area contributed by atoms with E-state index in [0.717, 1.165) is 32.4 Å². The van der Waals surface area contributed by atoms with Crippen molar-refractivity contribution < 1.29 is 19.0 Å². The first-order chi connectivity index (χ1) is 22.3. The Labute approximate surface area is 299 Å². The summed E-state index contributed by atoms with van der Waals surface area (Å²) in [6.07, 6.45) is 22.3. The quantitative estimate of drug-likeness (QED) is 0.0468. The van der Waals surface area contributed by atoms with Crippen molar-refractivity contribution in [3.8, 4) is 0 Å². The molecule has 0 N–H and O–H groups in total. The van der Waals surface area contributed by atoms with Crippen LogP contribution in [0.4, 0.5) is 0 Å². The number of carbonyl (C=O) groups excluding carboxylic acids is 1. The molecule has 5 nitrogen and oxygen atoms in total. The monoisotopic (exact) mass is 867 g/mol. The van der Waals surface area contributed by atoms with E-state index in [1.54, 1.807) is 20.4 Å². The predicted octanol–water partition coefficient (Wildman–Crippen LogP) is 11.2. The van der Waals surface area contributed by atoms with E-state index in [4.69, 9.17) is 14.2 Å². The molecule has 3 unspecified atom stereocenters. The number of ether oxygens (including phenoxy) is 3. The number of piperidine rings is 1. The molecule has 0 aromatic carbocycles. The van der Waals surface area contributed by atoms with Crippen molar-refractivity contribution in [2.24, 2.45) is 5.92 Å². The first-order valence-corrected chi connectivity index (χ1v) is 34.6. The van der Waals surface area contributed by atoms with Crippen LogP contribution in [-0.4, -0.2) is 95.3 Å². The number of carbonyl (C=O) groups is 1. The fourth-order valence-corrected chi connectivity index (χ4v) is 32.6. The second-order valence-electron chi connectivity index (χ2n) is 14.4. The van der Waals surface area contributed by atoms with Crippen molar-refractivity contribution >= 4 is 44.1 Å². The van der Waals surface area contributed by atoms with Gasteiger partial charge in [0.25, 0.3) is 0 Å². The van der Waals surface area contributed by atoms with Crippen LogP contribution in [0.5, 0.6) is 0 Å². The second-order valence-corrected chi connectivity index (χ2v) is 37.3. The van der Waals surface area contributed by atoms with E-state index in [9.17, 15) is 4.79 Å². The molecule has 1 saturated heterocycles. The molecule has 46 heavy (non-hydrogen) atoms. The van der Waals surface area contributed by atoms with E-state index >= 15 is 0 Å². The summed E-state index contributed by atoms with van der Waals surface area (Å²) in [6, 6.07) is 0. The van der Waals surface area contributed by atoms with Gasteiger partial charge in [0.15, 0.2) is 0 Å². The second kappa shape index (κ2) is 31.7. The van der Waals surface area contributed by atoms with Crippen LogP contribution >= 0.6 is 0 Å². The third-order valence-electron chi connectivity index (χ3n) is 10.1. The molecule has 1 aliphatic heterocycles. The van der Waals surface area contributed by atoms with Gasteiger partial charge in [0, 0.05) is 0 Å². The molecule has 0 amide bonds. The molecule has 0 bridgehead atoms. The van der Waals surface area contributed by atoms with Gasteiger partial charge in [-0.25, -0.2) is 0 Å². The topological polar surface area (TPSA) is 48.0 Å². The molecule has 274 valence electrons. The zero-order valence-corrected chi connectivity index (χ0v) is 38.7. The van der Waals surface area contributed by atoms with E-state index in [1.807, 2.05) is 0 Å². The Morgan fingerprint density at radius 3 is 1.78 bits per heavy atom. The van der Waals surface area contributed by atoms with Crippen LogP contribution < -0.4 is 0 Å². The average Bonchev–Trinajstić information content (AvgIpc) is 3.05. The van der Waals surface area contributed by atoms with E-state index in [1.165, 1.54) is 97.3 Å². The number of likely N-dealkylation sites (tertiary alicyclic amines) is 1. The van der Waals surface area contributed by atoms with Crippen molar-refractivity contribution in [2.75, 3.05) is 34.0 Å². The number of esters is 1. The Kier molecular flexibility index (Phi) is 32.1. The van der Waals surface area contributed by atoms with Gasteiger partial charge in [-0.3, -0.25) is 0 Å². The summed E-state index contributed by atoms with van der Waals surface area (Å²) in [4.78, 5) is 14.0. The summed E-state index contributed by atoms with van der Waals surface area (Å²) < 4.78 is 29.5. The zero-order valence-electron chi connectivity index (χ0n) is 32.5. The number of unbranched alkanes of at least 4 members (excludes halogenated alkanes) is 6. The van der Waals surface area contributed by atoms with Gasteiger partial charge in [-0.05, 0) is 0 Å². The normalized spacial score (nSPS) is 18.1. The van der Waals surface area contributed by atoms with Crippen LogP contribution in [-0.2, 0) is 19.0 Å². The van der Waals surface area contributed by atoms with Crippen LogP contribution in [0.1, 0.15) is 145 Å². The van der Waals surface area contributed by atoms with E-state index in [2.05, 4.69) is 63.7 Å². The number of allylic oxidation sites excluding steroid dienone is 1. The number of nitrogens with zero attached hydrogens (tertiary/aromatic N) is 1. The maximum absolute atomic E-state index is 11.7. The molecule has 1 heterocycles. The van der Waals surface area contributed by atoms with Crippen molar-refractivity contribution in [2.45, 2.75) is 184 Å². The SMILES string of the molecule is CCC[CH2][SnH]([CH2]CCC)[CH2]CCC.CCC[CH2][Sn](/[CH]=C/CCC(OCOC)C1CN(C)CCC1OC(C)=O)([CH2]CCC)[CH2]CCC. The third kappa shape index (κ3) is 23.2. The van der Waals surface area contributed by atoms with Gasteiger partial charge in [-0.2, -0.15) is 0 Å². The number of methoxy groups -OCH3 is 1. The van der Waals surface area contributed by atoms with Gasteiger partial charge >= 0.3 is 302 Å². The molecule has 7 heteroatoms. The number of hydrogen-bond acceptors (Lipinski definition) is 5. The number of hydrogen-bond donors (Lipinski definition) is 0. The molecular formula is C39H81NO4Sn2. The van der Waals surface area contributed by atoms with Crippen LogP contribution in [0.25, 0.3) is 0 Å². The van der Waals surface area contributed by atoms with Crippen molar-refractivity contribution in [3.63, 3.8) is 0 Å². The third-order valence-corrected chi connectivity index (χ3v) is 34.8. The molecule has 0 aromatic heterocycles. The minimum absolute atomic E-state index is 0.0354. The molecular weight excluding hydrogens is 784 g/mol. The Hall–Kier alpha value is 0.687. The predicted molar refractivity (Wildman–Crippen MR) is 207 cm³/mol.